The minimum atomic E-state index is -1.28. The van der Waals surface area contributed by atoms with Gasteiger partial charge in [-0.15, -0.1) is 0 Å². The highest BCUT2D eigenvalue weighted by Gasteiger charge is 2.40. The molecule has 5 amide bonds. The fourth-order valence-corrected chi connectivity index (χ4v) is 8.37. The van der Waals surface area contributed by atoms with Crippen LogP contribution in [-0.2, 0) is 48.0 Å². The minimum absolute atomic E-state index is 0.00181. The quantitative estimate of drug-likeness (QED) is 0.0551. The summed E-state index contributed by atoms with van der Waals surface area (Å²) in [5.41, 5.74) is 10.3. The summed E-state index contributed by atoms with van der Waals surface area (Å²) >= 11 is 0. The smallest absolute Gasteiger partial charge is 0.326 e. The van der Waals surface area contributed by atoms with Gasteiger partial charge in [0.1, 0.15) is 36.0 Å². The summed E-state index contributed by atoms with van der Waals surface area (Å²) in [7, 11) is 0. The van der Waals surface area contributed by atoms with Crippen molar-refractivity contribution in [3.05, 3.63) is 102 Å². The van der Waals surface area contributed by atoms with Crippen molar-refractivity contribution in [3.8, 4) is 5.75 Å². The lowest BCUT2D eigenvalue weighted by molar-refractivity contribution is -0.150. The van der Waals surface area contributed by atoms with E-state index in [-0.39, 0.29) is 49.8 Å². The fourth-order valence-electron chi connectivity index (χ4n) is 8.37. The van der Waals surface area contributed by atoms with Crippen LogP contribution in [0.1, 0.15) is 70.1 Å². The van der Waals surface area contributed by atoms with E-state index in [1.165, 1.54) is 17.0 Å². The molecule has 0 saturated carbocycles. The summed E-state index contributed by atoms with van der Waals surface area (Å²) in [5.74, 6) is -4.65. The van der Waals surface area contributed by atoms with Gasteiger partial charge in [-0.25, -0.2) is 4.79 Å². The molecular weight excluding hydrogens is 817 g/mol. The molecule has 340 valence electrons. The van der Waals surface area contributed by atoms with Gasteiger partial charge in [-0.05, 0) is 78.5 Å². The number of likely N-dealkylation sites (tertiary alicyclic amines) is 1. The number of nitrogens with one attached hydrogen (secondary N) is 6. The third-order valence-corrected chi connectivity index (χ3v) is 12.1. The molecule has 3 aromatic carbocycles. The molecule has 0 radical (unpaired) electrons. The van der Waals surface area contributed by atoms with Gasteiger partial charge in [-0.2, -0.15) is 0 Å². The van der Waals surface area contributed by atoms with Gasteiger partial charge >= 0.3 is 5.97 Å². The number of phenolic OH excluding ortho intramolecular Hbond substituents is 1. The molecule has 0 bridgehead atoms. The second-order valence-electron chi connectivity index (χ2n) is 17.3. The summed E-state index contributed by atoms with van der Waals surface area (Å²) in [6, 6.07) is 14.5. The van der Waals surface area contributed by atoms with Gasteiger partial charge < -0.3 is 52.1 Å². The largest absolute Gasteiger partial charge is 0.508 e. The number of hydrogen-bond acceptors (Lipinski definition) is 8. The van der Waals surface area contributed by atoms with E-state index < -0.39 is 71.8 Å². The van der Waals surface area contributed by atoms with Gasteiger partial charge in [0.2, 0.25) is 29.5 Å². The first-order valence-electron chi connectivity index (χ1n) is 22.0. The van der Waals surface area contributed by atoms with Crippen LogP contribution >= 0.6 is 0 Å². The van der Waals surface area contributed by atoms with E-state index in [9.17, 15) is 39.0 Å². The number of aromatic nitrogens is 2. The maximum Gasteiger partial charge on any atom is 0.326 e. The number of aliphatic carboxylic acids is 1. The van der Waals surface area contributed by atoms with Gasteiger partial charge in [-0.1, -0.05) is 82.6 Å². The fraction of sp³-hybridized carbons (Fsp3) is 0.417. The third-order valence-electron chi connectivity index (χ3n) is 12.1. The van der Waals surface area contributed by atoms with E-state index in [2.05, 4.69) is 31.2 Å². The van der Waals surface area contributed by atoms with E-state index in [1.54, 1.807) is 31.5 Å². The number of fused-ring (bicyclic) bond motifs is 2. The van der Waals surface area contributed by atoms with E-state index >= 15 is 0 Å². The molecule has 0 aliphatic carbocycles. The van der Waals surface area contributed by atoms with Crippen molar-refractivity contribution in [3.63, 3.8) is 0 Å². The average Bonchev–Trinajstić information content (AvgIpc) is 4.04. The molecular formula is C48H60N8O8. The molecule has 1 fully saturated rings. The number of phenols is 1. The number of carbonyl (C=O) groups is 6. The Labute approximate surface area is 372 Å². The number of carboxylic acids is 1. The number of amides is 5. The second kappa shape index (κ2) is 21.1. The number of hydrogen-bond donors (Lipinski definition) is 9. The molecule has 16 nitrogen and oxygen atoms in total. The molecule has 2 aromatic heterocycles. The molecule has 5 aromatic rings. The number of aromatic amines is 2. The molecule has 10 N–H and O–H groups in total. The zero-order chi connectivity index (χ0) is 46.1. The Morgan fingerprint density at radius 2 is 1.25 bits per heavy atom. The van der Waals surface area contributed by atoms with Gasteiger partial charge in [0, 0.05) is 53.6 Å². The zero-order valence-corrected chi connectivity index (χ0v) is 36.7. The van der Waals surface area contributed by atoms with Crippen LogP contribution in [0.5, 0.6) is 5.75 Å². The van der Waals surface area contributed by atoms with Crippen LogP contribution in [0.15, 0.2) is 85.2 Å². The third kappa shape index (κ3) is 11.5. The highest BCUT2D eigenvalue weighted by molar-refractivity contribution is 5.97. The van der Waals surface area contributed by atoms with Gasteiger partial charge in [-0.3, -0.25) is 24.0 Å². The topological polar surface area (TPSA) is 252 Å². The molecule has 1 aliphatic rings. The number of H-pyrrole nitrogens is 2. The van der Waals surface area contributed by atoms with Gasteiger partial charge in [0.15, 0.2) is 0 Å². The maximum absolute atomic E-state index is 14.6. The first-order valence-corrected chi connectivity index (χ1v) is 22.0. The highest BCUT2D eigenvalue weighted by atomic mass is 16.4. The van der Waals surface area contributed by atoms with E-state index in [1.807, 2.05) is 69.3 Å². The van der Waals surface area contributed by atoms with Crippen molar-refractivity contribution in [1.29, 1.82) is 0 Å². The standard InChI is InChI=1S/C48H60N8O8/c1-5-28(4)42(47(62)56-20-10-15-41(56)48(63)64)55-46(61)40(24-31-26-51-37-14-9-7-12-34(31)37)54-45(60)39(22-29-16-18-32(57)19-17-29)53-44(59)38(21-27(2)3)52-43(58)35(49)23-30-25-50-36-13-8-6-11-33(30)36/h6-9,11-14,16-19,25-28,35,38-42,50-51,57H,5,10,15,20-24,49H2,1-4H3,(H,52,58)(H,53,59)(H,54,60)(H,55,61)(H,63,64)/t28-,35-,38-,39-,40-,41-,42-/m0/s1. The summed E-state index contributed by atoms with van der Waals surface area (Å²) in [6.07, 6.45) is 5.22. The van der Waals surface area contributed by atoms with Gasteiger partial charge in [0.05, 0.1) is 6.04 Å². The van der Waals surface area contributed by atoms with Crippen molar-refractivity contribution in [2.24, 2.45) is 17.6 Å². The molecule has 1 saturated heterocycles. The van der Waals surface area contributed by atoms with Crippen LogP contribution < -0.4 is 27.0 Å². The zero-order valence-electron chi connectivity index (χ0n) is 36.7. The van der Waals surface area contributed by atoms with E-state index in [4.69, 9.17) is 5.73 Å². The molecule has 7 atom stereocenters. The predicted molar refractivity (Wildman–Crippen MR) is 243 cm³/mol. The molecule has 3 heterocycles. The lowest BCUT2D eigenvalue weighted by Gasteiger charge is -2.32. The summed E-state index contributed by atoms with van der Waals surface area (Å²) in [5, 5.41) is 33.0. The van der Waals surface area contributed by atoms with E-state index in [0.717, 1.165) is 27.4 Å². The Hall–Kier alpha value is -6.68. The molecule has 6 rings (SSSR count). The number of benzene rings is 3. The van der Waals surface area contributed by atoms with Crippen molar-refractivity contribution in [2.45, 2.75) is 109 Å². The van der Waals surface area contributed by atoms with Crippen LogP contribution in [0.4, 0.5) is 0 Å². The lowest BCUT2D eigenvalue weighted by Crippen LogP contribution is -2.61. The Kier molecular flexibility index (Phi) is 15.5. The number of nitrogens with two attached hydrogens (primary N) is 1. The van der Waals surface area contributed by atoms with Crippen LogP contribution in [0.25, 0.3) is 21.8 Å². The second-order valence-corrected chi connectivity index (χ2v) is 17.3. The van der Waals surface area contributed by atoms with Crippen LogP contribution in [0.3, 0.4) is 0 Å². The maximum atomic E-state index is 14.6. The normalized spacial score (nSPS) is 16.7. The average molecular weight is 877 g/mol. The molecule has 64 heavy (non-hydrogen) atoms. The number of para-hydroxylation sites is 2. The molecule has 0 spiro atoms. The molecule has 0 unspecified atom stereocenters. The Morgan fingerprint density at radius 3 is 1.83 bits per heavy atom. The van der Waals surface area contributed by atoms with Crippen LogP contribution in [0.2, 0.25) is 0 Å². The monoisotopic (exact) mass is 876 g/mol. The predicted octanol–water partition coefficient (Wildman–Crippen LogP) is 3.82. The number of carbonyl (C=O) groups excluding carboxylic acids is 5. The first-order chi connectivity index (χ1) is 30.6. The summed E-state index contributed by atoms with van der Waals surface area (Å²) in [4.78, 5) is 90.9. The first kappa shape index (κ1) is 46.8. The lowest BCUT2D eigenvalue weighted by atomic mass is 9.96. The summed E-state index contributed by atoms with van der Waals surface area (Å²) in [6.45, 7) is 7.70. The Balaban J connectivity index is 1.26. The van der Waals surface area contributed by atoms with Gasteiger partial charge in [0.25, 0.3) is 0 Å². The van der Waals surface area contributed by atoms with Crippen molar-refractivity contribution < 1.29 is 39.0 Å². The van der Waals surface area contributed by atoms with Crippen molar-refractivity contribution in [2.75, 3.05) is 6.54 Å². The van der Waals surface area contributed by atoms with Crippen LogP contribution in [0, 0.1) is 11.8 Å². The SMILES string of the molecule is CC[C@H](C)[C@H](NC(=O)[C@H](Cc1c[nH]c2ccccc12)NC(=O)[C@H](Cc1ccc(O)cc1)NC(=O)[C@H](CC(C)C)NC(=O)[C@@H](N)Cc1c[nH]c2ccccc12)C(=O)N1CCC[C@H]1C(=O)O. The van der Waals surface area contributed by atoms with Crippen molar-refractivity contribution >= 4 is 57.3 Å². The van der Waals surface area contributed by atoms with E-state index in [0.29, 0.717) is 30.4 Å². The number of nitrogens with zero attached hydrogens (tertiary/aromatic N) is 1. The molecule has 16 heteroatoms. The number of carboxylic acid groups (broad SMARTS) is 1. The highest BCUT2D eigenvalue weighted by Crippen LogP contribution is 2.24. The Bertz CT molecular complexity index is 2440. The summed E-state index contributed by atoms with van der Waals surface area (Å²) < 4.78 is 0. The Morgan fingerprint density at radius 1 is 0.719 bits per heavy atom. The minimum Gasteiger partial charge on any atom is -0.508 e. The molecule has 1 aliphatic heterocycles. The number of aromatic hydroxyl groups is 1. The number of rotatable bonds is 20. The van der Waals surface area contributed by atoms with Crippen molar-refractivity contribution in [1.82, 2.24) is 36.1 Å². The van der Waals surface area contributed by atoms with Crippen LogP contribution in [-0.4, -0.2) is 103 Å².